The second-order valence-corrected chi connectivity index (χ2v) is 5.03. The van der Waals surface area contributed by atoms with Gasteiger partial charge in [0.05, 0.1) is 5.75 Å². The number of rotatable bonds is 6. The Balaban J connectivity index is 1.91. The fourth-order valence-electron chi connectivity index (χ4n) is 1.68. The van der Waals surface area contributed by atoms with Gasteiger partial charge in [-0.3, -0.25) is 0 Å². The normalized spacial score (nSPS) is 12.6. The van der Waals surface area contributed by atoms with Crippen LogP contribution < -0.4 is 5.32 Å². The number of benzene rings is 1. The molecular weight excluding hydrogens is 246 g/mol. The van der Waals surface area contributed by atoms with Crippen LogP contribution in [0, 0.1) is 0 Å². The van der Waals surface area contributed by atoms with Gasteiger partial charge in [-0.1, -0.05) is 24.2 Å². The highest BCUT2D eigenvalue weighted by atomic mass is 32.2. The van der Waals surface area contributed by atoms with Crippen LogP contribution in [0.25, 0.3) is 0 Å². The van der Waals surface area contributed by atoms with E-state index < -0.39 is 0 Å². The number of hydrogen-bond acceptors (Lipinski definition) is 5. The van der Waals surface area contributed by atoms with Crippen molar-refractivity contribution >= 4 is 11.8 Å². The molecule has 0 saturated carbocycles. The zero-order valence-corrected chi connectivity index (χ0v) is 11.4. The van der Waals surface area contributed by atoms with Crippen LogP contribution in [-0.4, -0.2) is 16.7 Å². The van der Waals surface area contributed by atoms with Gasteiger partial charge >= 0.3 is 0 Å². The predicted molar refractivity (Wildman–Crippen MR) is 72.4 cm³/mol. The number of nitrogens with zero attached hydrogens (tertiary/aromatic N) is 2. The molecule has 0 amide bonds. The first-order chi connectivity index (χ1) is 8.79. The summed E-state index contributed by atoms with van der Waals surface area (Å²) in [5.74, 6) is 1.46. The van der Waals surface area contributed by atoms with Gasteiger partial charge in [-0.2, -0.15) is 4.98 Å². The fourth-order valence-corrected chi connectivity index (χ4v) is 2.43. The van der Waals surface area contributed by atoms with Crippen molar-refractivity contribution in [3.05, 3.63) is 42.0 Å². The van der Waals surface area contributed by atoms with Crippen LogP contribution in [0.2, 0.25) is 0 Å². The summed E-state index contributed by atoms with van der Waals surface area (Å²) in [4.78, 5) is 5.21. The van der Waals surface area contributed by atoms with E-state index >= 15 is 0 Å². The molecule has 1 N–H and O–H groups in total. The minimum Gasteiger partial charge on any atom is -0.343 e. The third-order valence-electron chi connectivity index (χ3n) is 2.67. The maximum Gasteiger partial charge on any atom is 0.213 e. The van der Waals surface area contributed by atoms with E-state index in [9.17, 15) is 0 Å². The van der Waals surface area contributed by atoms with Gasteiger partial charge in [-0.15, -0.1) is 11.8 Å². The predicted octanol–water partition coefficient (Wildman–Crippen LogP) is 3.03. The molecule has 0 bridgehead atoms. The Labute approximate surface area is 111 Å². The molecule has 18 heavy (non-hydrogen) atoms. The van der Waals surface area contributed by atoms with Crippen molar-refractivity contribution in [3.8, 4) is 0 Å². The smallest absolute Gasteiger partial charge is 0.213 e. The lowest BCUT2D eigenvalue weighted by molar-refractivity contribution is 0.412. The van der Waals surface area contributed by atoms with E-state index in [1.165, 1.54) is 16.9 Å². The molecule has 1 heterocycles. The average Bonchev–Trinajstić information content (AvgIpc) is 2.90. The third-order valence-corrected chi connectivity index (χ3v) is 3.67. The van der Waals surface area contributed by atoms with Crippen molar-refractivity contribution in [1.29, 1.82) is 0 Å². The Kier molecular flexibility index (Phi) is 4.78. The van der Waals surface area contributed by atoms with Gasteiger partial charge in [0.25, 0.3) is 0 Å². The van der Waals surface area contributed by atoms with Gasteiger partial charge in [-0.05, 0) is 31.2 Å². The van der Waals surface area contributed by atoms with Crippen LogP contribution in [0.5, 0.6) is 0 Å². The van der Waals surface area contributed by atoms with Crippen LogP contribution in [0.4, 0.5) is 0 Å². The SMILES string of the molecule is CCNC(C)c1ccc(SCc2ncon2)cc1. The number of aromatic nitrogens is 2. The second kappa shape index (κ2) is 6.56. The molecule has 4 nitrogen and oxygen atoms in total. The van der Waals surface area contributed by atoms with Crippen molar-refractivity contribution in [1.82, 2.24) is 15.5 Å². The van der Waals surface area contributed by atoms with E-state index in [2.05, 4.69) is 53.6 Å². The van der Waals surface area contributed by atoms with Crippen LogP contribution in [-0.2, 0) is 5.75 Å². The Morgan fingerprint density at radius 2 is 2.11 bits per heavy atom. The summed E-state index contributed by atoms with van der Waals surface area (Å²) >= 11 is 1.71. The minimum absolute atomic E-state index is 0.395. The number of nitrogens with one attached hydrogen (secondary N) is 1. The fraction of sp³-hybridized carbons (Fsp3) is 0.385. The third kappa shape index (κ3) is 3.58. The number of hydrogen-bond donors (Lipinski definition) is 1. The maximum atomic E-state index is 4.70. The highest BCUT2D eigenvalue weighted by Gasteiger charge is 2.04. The van der Waals surface area contributed by atoms with E-state index in [1.807, 2.05) is 0 Å². The van der Waals surface area contributed by atoms with E-state index in [-0.39, 0.29) is 0 Å². The van der Waals surface area contributed by atoms with Gasteiger partial charge in [0.15, 0.2) is 5.82 Å². The molecule has 0 aliphatic rings. The topological polar surface area (TPSA) is 51.0 Å². The Hall–Kier alpha value is -1.33. The molecule has 96 valence electrons. The van der Waals surface area contributed by atoms with Crippen molar-refractivity contribution in [2.45, 2.75) is 30.5 Å². The Morgan fingerprint density at radius 1 is 1.33 bits per heavy atom. The summed E-state index contributed by atoms with van der Waals surface area (Å²) in [6, 6.07) is 8.98. The summed E-state index contributed by atoms with van der Waals surface area (Å²) in [5.41, 5.74) is 1.31. The van der Waals surface area contributed by atoms with Gasteiger partial charge in [0.1, 0.15) is 0 Å². The largest absolute Gasteiger partial charge is 0.343 e. The minimum atomic E-state index is 0.395. The molecule has 2 rings (SSSR count). The molecule has 5 heteroatoms. The summed E-state index contributed by atoms with van der Waals surface area (Å²) in [5, 5.41) is 7.18. The average molecular weight is 263 g/mol. The van der Waals surface area contributed by atoms with Crippen molar-refractivity contribution in [2.75, 3.05) is 6.54 Å². The molecular formula is C13H17N3OS. The molecule has 0 radical (unpaired) electrons. The molecule has 1 unspecified atom stereocenters. The molecule has 2 aromatic rings. The van der Waals surface area contributed by atoms with Gasteiger partial charge < -0.3 is 9.84 Å². The van der Waals surface area contributed by atoms with Crippen LogP contribution >= 0.6 is 11.8 Å². The van der Waals surface area contributed by atoms with Crippen LogP contribution in [0.3, 0.4) is 0 Å². The summed E-state index contributed by atoms with van der Waals surface area (Å²) in [6.45, 7) is 5.27. The Bertz CT molecular complexity index is 456. The van der Waals surface area contributed by atoms with E-state index in [0.29, 0.717) is 6.04 Å². The van der Waals surface area contributed by atoms with Gasteiger partial charge in [0, 0.05) is 10.9 Å². The molecule has 1 aromatic heterocycles. The Morgan fingerprint density at radius 3 is 2.72 bits per heavy atom. The molecule has 1 aromatic carbocycles. The van der Waals surface area contributed by atoms with Gasteiger partial charge in [0.2, 0.25) is 6.39 Å². The first kappa shape index (κ1) is 13.1. The highest BCUT2D eigenvalue weighted by Crippen LogP contribution is 2.23. The highest BCUT2D eigenvalue weighted by molar-refractivity contribution is 7.98. The van der Waals surface area contributed by atoms with E-state index in [1.54, 1.807) is 11.8 Å². The molecule has 0 aliphatic carbocycles. The lowest BCUT2D eigenvalue weighted by atomic mass is 10.1. The summed E-state index contributed by atoms with van der Waals surface area (Å²) in [6.07, 6.45) is 1.36. The zero-order valence-electron chi connectivity index (χ0n) is 10.6. The molecule has 0 saturated heterocycles. The molecule has 0 fully saturated rings. The van der Waals surface area contributed by atoms with Crippen molar-refractivity contribution in [3.63, 3.8) is 0 Å². The summed E-state index contributed by atoms with van der Waals surface area (Å²) < 4.78 is 4.70. The monoisotopic (exact) mass is 263 g/mol. The summed E-state index contributed by atoms with van der Waals surface area (Å²) in [7, 11) is 0. The maximum absolute atomic E-state index is 4.70. The van der Waals surface area contributed by atoms with Crippen molar-refractivity contribution < 1.29 is 4.52 Å². The first-order valence-corrected chi connectivity index (χ1v) is 6.99. The van der Waals surface area contributed by atoms with Gasteiger partial charge in [-0.25, -0.2) is 0 Å². The van der Waals surface area contributed by atoms with Crippen molar-refractivity contribution in [2.24, 2.45) is 0 Å². The lowest BCUT2D eigenvalue weighted by Gasteiger charge is -2.12. The second-order valence-electron chi connectivity index (χ2n) is 3.98. The molecule has 1 atom stereocenters. The standard InChI is InChI=1S/C13H17N3OS/c1-3-14-10(2)11-4-6-12(7-5-11)18-8-13-15-9-17-16-13/h4-7,9-10,14H,3,8H2,1-2H3. The lowest BCUT2D eigenvalue weighted by Crippen LogP contribution is -2.17. The zero-order chi connectivity index (χ0) is 12.8. The van der Waals surface area contributed by atoms with E-state index in [0.717, 1.165) is 18.1 Å². The first-order valence-electron chi connectivity index (χ1n) is 6.01. The molecule has 0 aliphatic heterocycles. The quantitative estimate of drug-likeness (QED) is 0.812. The van der Waals surface area contributed by atoms with E-state index in [4.69, 9.17) is 4.52 Å². The van der Waals surface area contributed by atoms with Crippen LogP contribution in [0.1, 0.15) is 31.3 Å². The molecule has 0 spiro atoms. The van der Waals surface area contributed by atoms with Crippen LogP contribution in [0.15, 0.2) is 40.1 Å². The number of thioether (sulfide) groups is 1.